The number of hydrogen-bond acceptors (Lipinski definition) is 4. The zero-order valence-corrected chi connectivity index (χ0v) is 10.3. The van der Waals surface area contributed by atoms with E-state index in [4.69, 9.17) is 4.74 Å². The first-order valence-electron chi connectivity index (χ1n) is 4.56. The molecule has 0 aromatic heterocycles. The van der Waals surface area contributed by atoms with Crippen molar-refractivity contribution in [3.63, 3.8) is 0 Å². The van der Waals surface area contributed by atoms with Gasteiger partial charge in [0.1, 0.15) is 5.75 Å². The number of rotatable bonds is 5. The van der Waals surface area contributed by atoms with Gasteiger partial charge in [-0.25, -0.2) is 4.79 Å². The lowest BCUT2D eigenvalue weighted by molar-refractivity contribution is -0.142. The quantitative estimate of drug-likeness (QED) is 0.471. The van der Waals surface area contributed by atoms with Gasteiger partial charge in [0.05, 0.1) is 12.4 Å². The van der Waals surface area contributed by atoms with Crippen molar-refractivity contribution in [3.8, 4) is 5.75 Å². The number of halogens is 1. The van der Waals surface area contributed by atoms with Gasteiger partial charge in [-0.1, -0.05) is 28.1 Å². The van der Waals surface area contributed by atoms with Crippen LogP contribution in [0.2, 0.25) is 0 Å². The van der Waals surface area contributed by atoms with Crippen molar-refractivity contribution >= 4 is 27.7 Å². The molecule has 0 heterocycles. The Morgan fingerprint density at radius 2 is 2.12 bits per heavy atom. The van der Waals surface area contributed by atoms with Gasteiger partial charge in [0.25, 0.3) is 0 Å². The summed E-state index contributed by atoms with van der Waals surface area (Å²) >= 11 is 3.08. The number of carbonyl (C=O) groups is 2. The Balaban J connectivity index is 2.67. The lowest BCUT2D eigenvalue weighted by Crippen LogP contribution is -2.12. The number of esters is 1. The zero-order chi connectivity index (χ0) is 12.0. The van der Waals surface area contributed by atoms with Gasteiger partial charge in [-0.3, -0.25) is 4.79 Å². The van der Waals surface area contributed by atoms with Crippen molar-refractivity contribution in [2.24, 2.45) is 0 Å². The van der Waals surface area contributed by atoms with E-state index in [1.807, 2.05) is 0 Å². The van der Waals surface area contributed by atoms with Gasteiger partial charge in [0, 0.05) is 5.56 Å². The van der Waals surface area contributed by atoms with Crippen LogP contribution >= 0.6 is 15.9 Å². The van der Waals surface area contributed by atoms with Crippen LogP contribution in [0.15, 0.2) is 24.3 Å². The molecule has 0 aliphatic carbocycles. The molecule has 0 amide bonds. The summed E-state index contributed by atoms with van der Waals surface area (Å²) in [7, 11) is 1.29. The van der Waals surface area contributed by atoms with Crippen LogP contribution in [-0.2, 0) is 9.53 Å². The molecule has 5 heteroatoms. The predicted molar refractivity (Wildman–Crippen MR) is 62.1 cm³/mol. The van der Waals surface area contributed by atoms with E-state index in [9.17, 15) is 9.59 Å². The zero-order valence-electron chi connectivity index (χ0n) is 8.73. The lowest BCUT2D eigenvalue weighted by Gasteiger charge is -2.05. The molecule has 0 aliphatic heterocycles. The maximum Gasteiger partial charge on any atom is 0.343 e. The maximum atomic E-state index is 11.4. The van der Waals surface area contributed by atoms with Crippen LogP contribution in [0, 0.1) is 0 Å². The Morgan fingerprint density at radius 3 is 2.75 bits per heavy atom. The topological polar surface area (TPSA) is 52.6 Å². The second-order valence-electron chi connectivity index (χ2n) is 2.95. The number of Topliss-reactive ketones (excluding diaryl/α,β-unsaturated/α-hetero) is 1. The van der Waals surface area contributed by atoms with Gasteiger partial charge in [-0.15, -0.1) is 0 Å². The summed E-state index contributed by atoms with van der Waals surface area (Å²) in [6.07, 6.45) is 0. The minimum Gasteiger partial charge on any atom is -0.482 e. The van der Waals surface area contributed by atoms with E-state index in [1.54, 1.807) is 24.3 Å². The fraction of sp³-hybridized carbons (Fsp3) is 0.273. The third-order valence-electron chi connectivity index (χ3n) is 1.86. The third kappa shape index (κ3) is 3.66. The number of hydrogen-bond donors (Lipinski definition) is 0. The number of ketones is 1. The molecule has 1 aromatic carbocycles. The van der Waals surface area contributed by atoms with Crippen LogP contribution in [0.25, 0.3) is 0 Å². The molecule has 86 valence electrons. The van der Waals surface area contributed by atoms with Crippen LogP contribution < -0.4 is 4.74 Å². The summed E-state index contributed by atoms with van der Waals surface area (Å²) in [4.78, 5) is 22.2. The van der Waals surface area contributed by atoms with Crippen LogP contribution in [0.4, 0.5) is 0 Å². The molecule has 0 N–H and O–H groups in total. The van der Waals surface area contributed by atoms with Crippen molar-refractivity contribution in [2.75, 3.05) is 19.0 Å². The molecule has 0 atom stereocenters. The number of benzene rings is 1. The van der Waals surface area contributed by atoms with E-state index < -0.39 is 5.97 Å². The van der Waals surface area contributed by atoms with Gasteiger partial charge >= 0.3 is 5.97 Å². The largest absolute Gasteiger partial charge is 0.482 e. The first kappa shape index (κ1) is 12.7. The molecule has 4 nitrogen and oxygen atoms in total. The second-order valence-corrected chi connectivity index (χ2v) is 3.51. The van der Waals surface area contributed by atoms with Crippen molar-refractivity contribution < 1.29 is 19.1 Å². The van der Waals surface area contributed by atoms with Crippen molar-refractivity contribution in [1.29, 1.82) is 0 Å². The summed E-state index contributed by atoms with van der Waals surface area (Å²) in [5, 5.41) is 0.257. The maximum absolute atomic E-state index is 11.4. The molecule has 0 saturated carbocycles. The molecule has 0 unspecified atom stereocenters. The Labute approximate surface area is 102 Å². The molecule has 0 aliphatic rings. The fourth-order valence-corrected chi connectivity index (χ4v) is 1.36. The molecule has 0 fully saturated rings. The first-order chi connectivity index (χ1) is 7.67. The fourth-order valence-electron chi connectivity index (χ4n) is 1.04. The van der Waals surface area contributed by atoms with E-state index in [1.165, 1.54) is 7.11 Å². The molecular formula is C11H11BrO4. The molecular weight excluding hydrogens is 276 g/mol. The smallest absolute Gasteiger partial charge is 0.343 e. The van der Waals surface area contributed by atoms with Gasteiger partial charge < -0.3 is 9.47 Å². The minimum absolute atomic E-state index is 0.0384. The molecule has 0 spiro atoms. The standard InChI is InChI=1S/C11H11BrO4/c1-15-11(14)7-16-9-4-2-3-8(5-9)10(13)6-12/h2-5H,6-7H2,1H3. The highest BCUT2D eigenvalue weighted by atomic mass is 79.9. The monoisotopic (exact) mass is 286 g/mol. The Bertz CT molecular complexity index is 389. The van der Waals surface area contributed by atoms with Crippen LogP contribution in [0.3, 0.4) is 0 Å². The predicted octanol–water partition coefficient (Wildman–Crippen LogP) is 1.82. The first-order valence-corrected chi connectivity index (χ1v) is 5.68. The van der Waals surface area contributed by atoms with Gasteiger partial charge in [0.15, 0.2) is 12.4 Å². The van der Waals surface area contributed by atoms with Crippen molar-refractivity contribution in [3.05, 3.63) is 29.8 Å². The summed E-state index contributed by atoms with van der Waals surface area (Å²) in [5.41, 5.74) is 0.541. The highest BCUT2D eigenvalue weighted by molar-refractivity contribution is 9.09. The van der Waals surface area contributed by atoms with Crippen molar-refractivity contribution in [2.45, 2.75) is 0 Å². The van der Waals surface area contributed by atoms with E-state index >= 15 is 0 Å². The molecule has 0 saturated heterocycles. The third-order valence-corrected chi connectivity index (χ3v) is 2.37. The van der Waals surface area contributed by atoms with Gasteiger partial charge in [0.2, 0.25) is 0 Å². The summed E-state index contributed by atoms with van der Waals surface area (Å²) in [6.45, 7) is -0.164. The average molecular weight is 287 g/mol. The van der Waals surface area contributed by atoms with E-state index in [2.05, 4.69) is 20.7 Å². The number of methoxy groups -OCH3 is 1. The summed E-state index contributed by atoms with van der Waals surface area (Å²) in [5.74, 6) is -0.0297. The average Bonchev–Trinajstić information content (AvgIpc) is 2.35. The van der Waals surface area contributed by atoms with E-state index in [0.29, 0.717) is 11.3 Å². The Morgan fingerprint density at radius 1 is 1.38 bits per heavy atom. The Hall–Kier alpha value is -1.36. The Kier molecular flexibility index (Phi) is 4.98. The highest BCUT2D eigenvalue weighted by Crippen LogP contribution is 2.14. The highest BCUT2D eigenvalue weighted by Gasteiger charge is 2.06. The van der Waals surface area contributed by atoms with Crippen LogP contribution in [0.5, 0.6) is 5.75 Å². The van der Waals surface area contributed by atoms with Crippen LogP contribution in [0.1, 0.15) is 10.4 Å². The van der Waals surface area contributed by atoms with Gasteiger partial charge in [-0.2, -0.15) is 0 Å². The molecule has 1 aromatic rings. The normalized spacial score (nSPS) is 9.62. The summed E-state index contributed by atoms with van der Waals surface area (Å²) < 4.78 is 9.58. The second kappa shape index (κ2) is 6.27. The molecule has 0 radical (unpaired) electrons. The minimum atomic E-state index is -0.461. The molecule has 0 bridgehead atoms. The summed E-state index contributed by atoms with van der Waals surface area (Å²) in [6, 6.07) is 6.65. The molecule has 16 heavy (non-hydrogen) atoms. The van der Waals surface area contributed by atoms with Crippen LogP contribution in [-0.4, -0.2) is 30.8 Å². The number of ether oxygens (including phenoxy) is 2. The lowest BCUT2D eigenvalue weighted by atomic mass is 10.1. The SMILES string of the molecule is COC(=O)COc1cccc(C(=O)CBr)c1. The number of alkyl halides is 1. The van der Waals surface area contributed by atoms with E-state index in [0.717, 1.165) is 0 Å². The molecule has 1 rings (SSSR count). The van der Waals surface area contributed by atoms with E-state index in [-0.39, 0.29) is 17.7 Å². The van der Waals surface area contributed by atoms with Crippen molar-refractivity contribution in [1.82, 2.24) is 0 Å². The van der Waals surface area contributed by atoms with Gasteiger partial charge in [-0.05, 0) is 12.1 Å². The number of carbonyl (C=O) groups excluding carboxylic acids is 2.